The largest absolute Gasteiger partial charge is 0.454 e. The fraction of sp³-hybridized carbons (Fsp3) is 0.286. The Kier molecular flexibility index (Phi) is 7.85. The van der Waals surface area contributed by atoms with Crippen LogP contribution in [0.15, 0.2) is 71.6 Å². The van der Waals surface area contributed by atoms with E-state index in [9.17, 15) is 13.2 Å². The molecule has 0 aliphatic carbocycles. The summed E-state index contributed by atoms with van der Waals surface area (Å²) >= 11 is 1.40. The number of anilines is 1. The summed E-state index contributed by atoms with van der Waals surface area (Å²) in [4.78, 5) is 22.2. The zero-order valence-electron chi connectivity index (χ0n) is 22.0. The molecule has 0 radical (unpaired) electrons. The van der Waals surface area contributed by atoms with Crippen molar-refractivity contribution in [1.29, 1.82) is 0 Å². The van der Waals surface area contributed by atoms with Gasteiger partial charge < -0.3 is 14.4 Å². The maximum atomic E-state index is 13.7. The summed E-state index contributed by atoms with van der Waals surface area (Å²) in [5.41, 5.74) is 2.01. The molecular formula is C28H30N4O5S2. The third-order valence-corrected chi connectivity index (χ3v) is 9.39. The number of sulfonamides is 1. The first-order valence-corrected chi connectivity index (χ1v) is 14.8. The lowest BCUT2D eigenvalue weighted by Gasteiger charge is -2.23. The minimum Gasteiger partial charge on any atom is -0.454 e. The Bertz CT molecular complexity index is 1530. The zero-order chi connectivity index (χ0) is 27.6. The summed E-state index contributed by atoms with van der Waals surface area (Å²) < 4.78 is 40.0. The Morgan fingerprint density at radius 1 is 0.974 bits per heavy atom. The van der Waals surface area contributed by atoms with Gasteiger partial charge in [-0.25, -0.2) is 13.4 Å². The van der Waals surface area contributed by atoms with Crippen LogP contribution in [0.2, 0.25) is 0 Å². The molecule has 1 aliphatic heterocycles. The summed E-state index contributed by atoms with van der Waals surface area (Å²) in [5, 5.41) is 0.553. The number of fused-ring (bicyclic) bond motifs is 2. The molecule has 1 aromatic heterocycles. The minimum atomic E-state index is -3.74. The zero-order valence-corrected chi connectivity index (χ0v) is 23.7. The molecule has 204 valence electrons. The lowest BCUT2D eigenvalue weighted by molar-refractivity contribution is 0.0985. The lowest BCUT2D eigenvalue weighted by atomic mass is 10.2. The maximum absolute atomic E-state index is 13.7. The molecule has 0 atom stereocenters. The van der Waals surface area contributed by atoms with Crippen molar-refractivity contribution in [2.75, 3.05) is 45.4 Å². The lowest BCUT2D eigenvalue weighted by Crippen LogP contribution is -2.36. The van der Waals surface area contributed by atoms with E-state index in [0.29, 0.717) is 41.8 Å². The second-order valence-electron chi connectivity index (χ2n) is 9.37. The maximum Gasteiger partial charge on any atom is 0.260 e. The first kappa shape index (κ1) is 27.1. The van der Waals surface area contributed by atoms with Gasteiger partial charge in [0.15, 0.2) is 16.6 Å². The number of aromatic nitrogens is 1. The average molecular weight is 567 g/mol. The molecular weight excluding hydrogens is 536 g/mol. The number of carbonyl (C=O) groups is 1. The summed E-state index contributed by atoms with van der Waals surface area (Å²) in [6, 6.07) is 19.3. The van der Waals surface area contributed by atoms with Gasteiger partial charge in [0.1, 0.15) is 0 Å². The monoisotopic (exact) mass is 566 g/mol. The second-order valence-corrected chi connectivity index (χ2v) is 12.3. The molecule has 11 heteroatoms. The number of ether oxygens (including phenoxy) is 2. The molecule has 2 heterocycles. The topological polar surface area (TPSA) is 92.3 Å². The third kappa shape index (κ3) is 5.76. The number of carbonyl (C=O) groups excluding carboxylic acids is 1. The van der Waals surface area contributed by atoms with E-state index in [1.165, 1.54) is 27.8 Å². The molecule has 39 heavy (non-hydrogen) atoms. The van der Waals surface area contributed by atoms with Crippen molar-refractivity contribution < 1.29 is 22.7 Å². The normalized spacial score (nSPS) is 12.9. The molecule has 1 aliphatic rings. The fourth-order valence-corrected chi connectivity index (χ4v) is 6.67. The number of hydrogen-bond donors (Lipinski definition) is 0. The molecule has 1 amide bonds. The van der Waals surface area contributed by atoms with Crippen LogP contribution in [-0.4, -0.2) is 69.0 Å². The van der Waals surface area contributed by atoms with Gasteiger partial charge in [-0.1, -0.05) is 48.6 Å². The van der Waals surface area contributed by atoms with Gasteiger partial charge in [0.2, 0.25) is 16.8 Å². The SMILES string of the molecule is CCN(Cc1ccccc1)S(=O)(=O)c1ccc(C(=O)N(CCN(C)C)c2nc3cc4c(cc3s2)OCO4)cc1. The quantitative estimate of drug-likeness (QED) is 0.280. The Balaban J connectivity index is 1.40. The molecule has 0 saturated heterocycles. The minimum absolute atomic E-state index is 0.145. The number of benzene rings is 3. The number of likely N-dealkylation sites (N-methyl/N-ethyl adjacent to an activating group) is 1. The highest BCUT2D eigenvalue weighted by Crippen LogP contribution is 2.40. The van der Waals surface area contributed by atoms with Crippen LogP contribution in [0.5, 0.6) is 11.5 Å². The van der Waals surface area contributed by atoms with Crippen molar-refractivity contribution in [3.8, 4) is 11.5 Å². The van der Waals surface area contributed by atoms with Gasteiger partial charge in [-0.2, -0.15) is 4.31 Å². The third-order valence-electron chi connectivity index (χ3n) is 6.41. The molecule has 0 saturated carbocycles. The van der Waals surface area contributed by atoms with Crippen molar-refractivity contribution in [2.45, 2.75) is 18.4 Å². The van der Waals surface area contributed by atoms with Crippen LogP contribution >= 0.6 is 11.3 Å². The van der Waals surface area contributed by atoms with Crippen molar-refractivity contribution in [1.82, 2.24) is 14.2 Å². The summed E-state index contributed by atoms with van der Waals surface area (Å²) in [5.74, 6) is 1.04. The predicted octanol–water partition coefficient (Wildman–Crippen LogP) is 4.44. The number of rotatable bonds is 10. The molecule has 0 fully saturated rings. The molecule has 4 aromatic rings. The molecule has 0 unspecified atom stereocenters. The van der Waals surface area contributed by atoms with Crippen LogP contribution in [-0.2, 0) is 16.6 Å². The van der Waals surface area contributed by atoms with Crippen LogP contribution < -0.4 is 14.4 Å². The van der Waals surface area contributed by atoms with Gasteiger partial charge in [0.25, 0.3) is 5.91 Å². The Morgan fingerprint density at radius 3 is 2.33 bits per heavy atom. The van der Waals surface area contributed by atoms with Crippen LogP contribution in [0.25, 0.3) is 10.2 Å². The van der Waals surface area contributed by atoms with Gasteiger partial charge in [0, 0.05) is 43.9 Å². The number of nitrogens with zero attached hydrogens (tertiary/aromatic N) is 4. The highest BCUT2D eigenvalue weighted by atomic mass is 32.2. The molecule has 3 aromatic carbocycles. The second kappa shape index (κ2) is 11.3. The fourth-order valence-electron chi connectivity index (χ4n) is 4.23. The molecule has 0 spiro atoms. The van der Waals surface area contributed by atoms with Gasteiger partial charge in [-0.3, -0.25) is 9.69 Å². The molecule has 0 N–H and O–H groups in total. The van der Waals surface area contributed by atoms with Crippen LogP contribution in [0.4, 0.5) is 5.13 Å². The van der Waals surface area contributed by atoms with Crippen molar-refractivity contribution in [3.63, 3.8) is 0 Å². The predicted molar refractivity (Wildman–Crippen MR) is 152 cm³/mol. The number of amides is 1. The van der Waals surface area contributed by atoms with E-state index in [4.69, 9.17) is 14.5 Å². The van der Waals surface area contributed by atoms with Gasteiger partial charge >= 0.3 is 0 Å². The van der Waals surface area contributed by atoms with Crippen LogP contribution in [0, 0.1) is 0 Å². The number of hydrogen-bond acceptors (Lipinski definition) is 8. The van der Waals surface area contributed by atoms with Crippen LogP contribution in [0.3, 0.4) is 0 Å². The summed E-state index contributed by atoms with van der Waals surface area (Å²) in [7, 11) is 0.138. The van der Waals surface area contributed by atoms with E-state index >= 15 is 0 Å². The van der Waals surface area contributed by atoms with Crippen molar-refractivity contribution in [3.05, 3.63) is 77.9 Å². The molecule has 0 bridgehead atoms. The highest BCUT2D eigenvalue weighted by molar-refractivity contribution is 7.89. The van der Waals surface area contributed by atoms with Crippen LogP contribution in [0.1, 0.15) is 22.8 Å². The highest BCUT2D eigenvalue weighted by Gasteiger charge is 2.26. The van der Waals surface area contributed by atoms with E-state index in [1.807, 2.05) is 68.4 Å². The molecule has 5 rings (SSSR count). The van der Waals surface area contributed by atoms with Crippen molar-refractivity contribution >= 4 is 42.6 Å². The summed E-state index contributed by atoms with van der Waals surface area (Å²) in [6.07, 6.45) is 0. The van der Waals surface area contributed by atoms with Crippen molar-refractivity contribution in [2.24, 2.45) is 0 Å². The standard InChI is InChI=1S/C28H30N4O5S2/c1-4-31(18-20-8-6-5-7-9-20)39(34,35)22-12-10-21(11-13-22)27(33)32(15-14-30(2)3)28-29-23-16-24-25(37-19-36-24)17-26(23)38-28/h5-13,16-17H,4,14-15,18-19H2,1-3H3. The van der Waals surface area contributed by atoms with E-state index in [0.717, 1.165) is 15.8 Å². The average Bonchev–Trinajstić information content (AvgIpc) is 3.56. The van der Waals surface area contributed by atoms with E-state index < -0.39 is 10.0 Å². The Labute approximate surface area is 232 Å². The smallest absolute Gasteiger partial charge is 0.260 e. The van der Waals surface area contributed by atoms with E-state index in [1.54, 1.807) is 17.0 Å². The van der Waals surface area contributed by atoms with Gasteiger partial charge in [0.05, 0.1) is 15.1 Å². The van der Waals surface area contributed by atoms with Gasteiger partial charge in [-0.05, 0) is 43.9 Å². The Morgan fingerprint density at radius 2 is 1.67 bits per heavy atom. The van der Waals surface area contributed by atoms with E-state index in [-0.39, 0.29) is 24.1 Å². The summed E-state index contributed by atoms with van der Waals surface area (Å²) in [6.45, 7) is 3.64. The Hall–Kier alpha value is -3.51. The van der Waals surface area contributed by atoms with Gasteiger partial charge in [-0.15, -0.1) is 0 Å². The first-order valence-electron chi connectivity index (χ1n) is 12.6. The molecule has 9 nitrogen and oxygen atoms in total. The van der Waals surface area contributed by atoms with E-state index in [2.05, 4.69) is 0 Å². The first-order chi connectivity index (χ1) is 18.8. The number of thiazole rings is 1.